The molecule has 0 aliphatic rings. The summed E-state index contributed by atoms with van der Waals surface area (Å²) in [6, 6.07) is 3.37. The first-order valence-corrected chi connectivity index (χ1v) is 5.84. The molecule has 2 aromatic rings. The van der Waals surface area contributed by atoms with Crippen molar-refractivity contribution >= 4 is 5.91 Å². The molecular weight excluding hydrogens is 232 g/mol. The molecule has 0 saturated heterocycles. The van der Waals surface area contributed by atoms with Crippen LogP contribution in [0.5, 0.6) is 0 Å². The van der Waals surface area contributed by atoms with Gasteiger partial charge in [-0.1, -0.05) is 6.92 Å². The average molecular weight is 248 g/mol. The maximum atomic E-state index is 11.2. The van der Waals surface area contributed by atoms with Crippen LogP contribution in [0.25, 0.3) is 0 Å². The molecule has 0 spiro atoms. The third-order valence-corrected chi connectivity index (χ3v) is 2.62. The smallest absolute Gasteiger partial charge is 0.300 e. The minimum atomic E-state index is -0.430. The number of hydrazine groups is 1. The number of imidazole rings is 1. The van der Waals surface area contributed by atoms with Crippen LogP contribution in [-0.2, 0) is 13.0 Å². The fraction of sp³-hybridized carbons (Fsp3) is 0.333. The van der Waals surface area contributed by atoms with E-state index in [4.69, 9.17) is 10.3 Å². The number of carbonyl (C=O) groups is 1. The van der Waals surface area contributed by atoms with Gasteiger partial charge in [0.2, 0.25) is 0 Å². The summed E-state index contributed by atoms with van der Waals surface area (Å²) in [7, 11) is 0. The Morgan fingerprint density at radius 3 is 3.11 bits per heavy atom. The second-order valence-corrected chi connectivity index (χ2v) is 3.96. The van der Waals surface area contributed by atoms with Crippen LogP contribution in [0.2, 0.25) is 0 Å². The molecule has 6 heteroatoms. The van der Waals surface area contributed by atoms with Gasteiger partial charge in [0.05, 0.1) is 6.54 Å². The third kappa shape index (κ3) is 2.60. The highest BCUT2D eigenvalue weighted by Gasteiger charge is 2.10. The van der Waals surface area contributed by atoms with E-state index >= 15 is 0 Å². The molecule has 0 atom stereocenters. The number of hydrogen-bond donors (Lipinski definition) is 2. The Kier molecular flexibility index (Phi) is 3.78. The summed E-state index contributed by atoms with van der Waals surface area (Å²) in [6.07, 6.45) is 5.62. The molecule has 1 amide bonds. The zero-order valence-electron chi connectivity index (χ0n) is 10.2. The molecule has 0 unspecified atom stereocenters. The first kappa shape index (κ1) is 12.4. The summed E-state index contributed by atoms with van der Waals surface area (Å²) in [5.41, 5.74) is 2.03. The normalized spacial score (nSPS) is 10.6. The van der Waals surface area contributed by atoms with E-state index in [1.165, 1.54) is 0 Å². The first-order valence-electron chi connectivity index (χ1n) is 5.84. The van der Waals surface area contributed by atoms with E-state index in [0.29, 0.717) is 12.3 Å². The van der Waals surface area contributed by atoms with Crippen molar-refractivity contribution in [3.05, 3.63) is 41.9 Å². The summed E-state index contributed by atoms with van der Waals surface area (Å²) >= 11 is 0. The average Bonchev–Trinajstić information content (AvgIpc) is 3.00. The van der Waals surface area contributed by atoms with Gasteiger partial charge in [0, 0.05) is 18.8 Å². The first-order chi connectivity index (χ1) is 8.74. The summed E-state index contributed by atoms with van der Waals surface area (Å²) in [4.78, 5) is 15.5. The quantitative estimate of drug-likeness (QED) is 0.471. The molecule has 96 valence electrons. The van der Waals surface area contributed by atoms with Gasteiger partial charge in [-0.05, 0) is 18.6 Å². The maximum Gasteiger partial charge on any atom is 0.300 e. The molecule has 0 radical (unpaired) electrons. The maximum absolute atomic E-state index is 11.2. The predicted molar refractivity (Wildman–Crippen MR) is 65.7 cm³/mol. The number of carbonyl (C=O) groups excluding carboxylic acids is 1. The van der Waals surface area contributed by atoms with E-state index in [2.05, 4.69) is 11.9 Å². The van der Waals surface area contributed by atoms with Gasteiger partial charge in [-0.15, -0.1) is 0 Å². The molecule has 6 nitrogen and oxygen atoms in total. The van der Waals surface area contributed by atoms with Gasteiger partial charge in [0.15, 0.2) is 5.76 Å². The highest BCUT2D eigenvalue weighted by molar-refractivity contribution is 5.90. The molecule has 3 N–H and O–H groups in total. The van der Waals surface area contributed by atoms with Crippen LogP contribution in [0.1, 0.15) is 35.5 Å². The molecule has 2 aromatic heterocycles. The fourth-order valence-corrected chi connectivity index (χ4v) is 1.76. The van der Waals surface area contributed by atoms with E-state index < -0.39 is 5.91 Å². The van der Waals surface area contributed by atoms with E-state index in [-0.39, 0.29) is 5.76 Å². The van der Waals surface area contributed by atoms with Crippen LogP contribution >= 0.6 is 0 Å². The van der Waals surface area contributed by atoms with Crippen LogP contribution in [0.4, 0.5) is 0 Å². The van der Waals surface area contributed by atoms with Crippen LogP contribution < -0.4 is 11.3 Å². The second-order valence-electron chi connectivity index (χ2n) is 3.96. The van der Waals surface area contributed by atoms with Crippen molar-refractivity contribution in [1.29, 1.82) is 0 Å². The third-order valence-electron chi connectivity index (χ3n) is 2.62. The Morgan fingerprint density at radius 1 is 1.56 bits per heavy atom. The molecule has 0 aliphatic carbocycles. The number of aromatic nitrogens is 2. The Balaban J connectivity index is 2.11. The number of aryl methyl sites for hydroxylation is 1. The van der Waals surface area contributed by atoms with Crippen molar-refractivity contribution in [2.45, 2.75) is 26.3 Å². The second kappa shape index (κ2) is 5.50. The monoisotopic (exact) mass is 248 g/mol. The molecule has 2 heterocycles. The number of nitrogens with one attached hydrogen (secondary N) is 1. The van der Waals surface area contributed by atoms with Crippen LogP contribution in [-0.4, -0.2) is 15.5 Å². The Morgan fingerprint density at radius 2 is 2.39 bits per heavy atom. The topological polar surface area (TPSA) is 86.1 Å². The van der Waals surface area contributed by atoms with E-state index in [1.807, 2.05) is 16.2 Å². The lowest BCUT2D eigenvalue weighted by molar-refractivity contribution is 0.0924. The molecule has 0 fully saturated rings. The lowest BCUT2D eigenvalue weighted by Gasteiger charge is -2.04. The van der Waals surface area contributed by atoms with Gasteiger partial charge < -0.3 is 8.98 Å². The van der Waals surface area contributed by atoms with Crippen LogP contribution in [0, 0.1) is 0 Å². The molecule has 0 aliphatic heterocycles. The molecular formula is C12H16N4O2. The molecule has 0 bridgehead atoms. The zero-order chi connectivity index (χ0) is 13.0. The lowest BCUT2D eigenvalue weighted by atomic mass is 10.3. The summed E-state index contributed by atoms with van der Waals surface area (Å²) in [5.74, 6) is 6.53. The Bertz CT molecular complexity index is 530. The van der Waals surface area contributed by atoms with Gasteiger partial charge in [-0.25, -0.2) is 10.8 Å². The molecule has 18 heavy (non-hydrogen) atoms. The van der Waals surface area contributed by atoms with Gasteiger partial charge in [-0.3, -0.25) is 10.2 Å². The van der Waals surface area contributed by atoms with Crippen molar-refractivity contribution in [3.63, 3.8) is 0 Å². The zero-order valence-corrected chi connectivity index (χ0v) is 10.2. The SMILES string of the molecule is CCCc1nccn1Cc1ccc(C(=O)NN)o1. The summed E-state index contributed by atoms with van der Waals surface area (Å²) < 4.78 is 7.41. The number of nitrogen functional groups attached to an aromatic ring is 1. The highest BCUT2D eigenvalue weighted by atomic mass is 16.4. The lowest BCUT2D eigenvalue weighted by Crippen LogP contribution is -2.29. The largest absolute Gasteiger partial charge is 0.454 e. The Labute approximate surface area is 105 Å². The number of hydrogen-bond acceptors (Lipinski definition) is 4. The van der Waals surface area contributed by atoms with Crippen molar-refractivity contribution < 1.29 is 9.21 Å². The fourth-order valence-electron chi connectivity index (χ4n) is 1.76. The minimum Gasteiger partial charge on any atom is -0.454 e. The minimum absolute atomic E-state index is 0.213. The number of rotatable bonds is 5. The van der Waals surface area contributed by atoms with Gasteiger partial charge in [-0.2, -0.15) is 0 Å². The van der Waals surface area contributed by atoms with Crippen molar-refractivity contribution in [2.24, 2.45) is 5.84 Å². The number of amides is 1. The standard InChI is InChI=1S/C12H16N4O2/c1-2-3-11-14-6-7-16(11)8-9-4-5-10(18-9)12(17)15-13/h4-7H,2-3,8,13H2,1H3,(H,15,17). The Hall–Kier alpha value is -2.08. The van der Waals surface area contributed by atoms with E-state index in [9.17, 15) is 4.79 Å². The number of nitrogens with two attached hydrogens (primary N) is 1. The van der Waals surface area contributed by atoms with Gasteiger partial charge in [0.1, 0.15) is 11.6 Å². The van der Waals surface area contributed by atoms with Gasteiger partial charge >= 0.3 is 5.91 Å². The molecule has 0 aromatic carbocycles. The highest BCUT2D eigenvalue weighted by Crippen LogP contribution is 2.11. The van der Waals surface area contributed by atoms with Crippen LogP contribution in [0.15, 0.2) is 28.9 Å². The molecule has 0 saturated carbocycles. The van der Waals surface area contributed by atoms with Crippen molar-refractivity contribution in [3.8, 4) is 0 Å². The summed E-state index contributed by atoms with van der Waals surface area (Å²) in [5, 5.41) is 0. The summed E-state index contributed by atoms with van der Waals surface area (Å²) in [6.45, 7) is 2.67. The van der Waals surface area contributed by atoms with Crippen LogP contribution in [0.3, 0.4) is 0 Å². The number of furan rings is 1. The number of nitrogens with zero attached hydrogens (tertiary/aromatic N) is 2. The molecule has 2 rings (SSSR count). The van der Waals surface area contributed by atoms with E-state index in [1.54, 1.807) is 18.3 Å². The predicted octanol–water partition coefficient (Wildman–Crippen LogP) is 1.08. The van der Waals surface area contributed by atoms with Crippen molar-refractivity contribution in [2.75, 3.05) is 0 Å². The van der Waals surface area contributed by atoms with E-state index in [0.717, 1.165) is 18.7 Å². The van der Waals surface area contributed by atoms with Crippen molar-refractivity contribution in [1.82, 2.24) is 15.0 Å². The van der Waals surface area contributed by atoms with Gasteiger partial charge in [0.25, 0.3) is 0 Å².